The lowest BCUT2D eigenvalue weighted by Gasteiger charge is -2.21. The van der Waals surface area contributed by atoms with Crippen molar-refractivity contribution in [2.45, 2.75) is 58.5 Å². The minimum absolute atomic E-state index is 0.698. The maximum atomic E-state index is 4.68. The highest BCUT2D eigenvalue weighted by atomic mass is 15.2. The van der Waals surface area contributed by atoms with Gasteiger partial charge in [-0.3, -0.25) is 0 Å². The molecular weight excluding hydrogens is 222 g/mol. The van der Waals surface area contributed by atoms with E-state index < -0.39 is 0 Å². The molecule has 0 spiro atoms. The molecule has 0 saturated carbocycles. The van der Waals surface area contributed by atoms with E-state index in [1.54, 1.807) is 0 Å². The Balaban J connectivity index is 1.65. The molecule has 0 radical (unpaired) electrons. The minimum Gasteiger partial charge on any atom is -0.332 e. The lowest BCUT2D eigenvalue weighted by Crippen LogP contribution is -2.28. The Bertz CT molecular complexity index is 408. The van der Waals surface area contributed by atoms with Crippen LogP contribution in [0.3, 0.4) is 0 Å². The monoisotopic (exact) mass is 247 g/mol. The van der Waals surface area contributed by atoms with E-state index >= 15 is 0 Å². The van der Waals surface area contributed by atoms with Gasteiger partial charge in [0, 0.05) is 37.4 Å². The topological polar surface area (TPSA) is 21.1 Å². The maximum Gasteiger partial charge on any atom is 0.109 e. The Kier molecular flexibility index (Phi) is 3.42. The second kappa shape index (κ2) is 5.04. The Morgan fingerprint density at radius 2 is 2.22 bits per heavy atom. The van der Waals surface area contributed by atoms with Gasteiger partial charge in [-0.2, -0.15) is 0 Å². The molecule has 0 aromatic carbocycles. The van der Waals surface area contributed by atoms with E-state index in [1.807, 2.05) is 0 Å². The van der Waals surface area contributed by atoms with E-state index in [2.05, 4.69) is 34.5 Å². The van der Waals surface area contributed by atoms with Crippen molar-refractivity contribution in [3.05, 3.63) is 17.7 Å². The summed E-state index contributed by atoms with van der Waals surface area (Å²) in [5, 5.41) is 0. The van der Waals surface area contributed by atoms with Crippen LogP contribution in [0.1, 0.15) is 44.6 Å². The molecule has 3 nitrogen and oxygen atoms in total. The van der Waals surface area contributed by atoms with Crippen LogP contribution < -0.4 is 0 Å². The van der Waals surface area contributed by atoms with Crippen LogP contribution >= 0.6 is 0 Å². The summed E-state index contributed by atoms with van der Waals surface area (Å²) in [6, 6.07) is 0.698. The fourth-order valence-corrected chi connectivity index (χ4v) is 3.42. The molecule has 1 fully saturated rings. The normalized spacial score (nSPS) is 24.7. The summed E-state index contributed by atoms with van der Waals surface area (Å²) in [7, 11) is 0. The van der Waals surface area contributed by atoms with Gasteiger partial charge in [0.25, 0.3) is 0 Å². The van der Waals surface area contributed by atoms with Crippen LogP contribution in [-0.2, 0) is 19.4 Å². The van der Waals surface area contributed by atoms with Crippen LogP contribution in [0, 0.1) is 5.92 Å². The maximum absolute atomic E-state index is 4.68. The number of imidazole rings is 1. The first-order chi connectivity index (χ1) is 8.74. The van der Waals surface area contributed by atoms with E-state index in [0.29, 0.717) is 6.04 Å². The SMILES string of the molecule is CC(C)N1CCC(Cc2ncc3n2CCCC3)C1. The van der Waals surface area contributed by atoms with Crippen molar-refractivity contribution < 1.29 is 0 Å². The first-order valence-electron chi connectivity index (χ1n) is 7.51. The standard InChI is InChI=1S/C15H25N3/c1-12(2)17-8-6-13(11-17)9-15-16-10-14-5-3-4-7-18(14)15/h10,12-13H,3-9,11H2,1-2H3. The Labute approximate surface area is 110 Å². The summed E-state index contributed by atoms with van der Waals surface area (Å²) in [5.74, 6) is 2.17. The van der Waals surface area contributed by atoms with E-state index in [1.165, 1.54) is 63.3 Å². The molecule has 18 heavy (non-hydrogen) atoms. The van der Waals surface area contributed by atoms with Crippen molar-refractivity contribution >= 4 is 0 Å². The largest absolute Gasteiger partial charge is 0.332 e. The van der Waals surface area contributed by atoms with Crippen molar-refractivity contribution in [3.8, 4) is 0 Å². The van der Waals surface area contributed by atoms with E-state index in [-0.39, 0.29) is 0 Å². The first-order valence-corrected chi connectivity index (χ1v) is 7.51. The van der Waals surface area contributed by atoms with Crippen LogP contribution in [0.25, 0.3) is 0 Å². The molecule has 0 aliphatic carbocycles. The number of fused-ring (bicyclic) bond motifs is 1. The molecule has 2 aliphatic rings. The zero-order chi connectivity index (χ0) is 12.5. The van der Waals surface area contributed by atoms with Gasteiger partial charge < -0.3 is 9.47 Å². The van der Waals surface area contributed by atoms with Gasteiger partial charge in [0.05, 0.1) is 0 Å². The fourth-order valence-electron chi connectivity index (χ4n) is 3.42. The molecular formula is C15H25N3. The lowest BCUT2D eigenvalue weighted by atomic mass is 10.0. The second-order valence-electron chi connectivity index (χ2n) is 6.22. The van der Waals surface area contributed by atoms with Crippen molar-refractivity contribution in [2.75, 3.05) is 13.1 Å². The number of likely N-dealkylation sites (tertiary alicyclic amines) is 1. The zero-order valence-corrected chi connectivity index (χ0v) is 11.7. The minimum atomic E-state index is 0.698. The van der Waals surface area contributed by atoms with Crippen molar-refractivity contribution in [1.29, 1.82) is 0 Å². The highest BCUT2D eigenvalue weighted by Crippen LogP contribution is 2.24. The van der Waals surface area contributed by atoms with Crippen molar-refractivity contribution in [2.24, 2.45) is 5.92 Å². The molecule has 3 heteroatoms. The summed E-state index contributed by atoms with van der Waals surface area (Å²) in [6.45, 7) is 8.35. The fraction of sp³-hybridized carbons (Fsp3) is 0.800. The van der Waals surface area contributed by atoms with Crippen LogP contribution in [0.4, 0.5) is 0 Å². The summed E-state index contributed by atoms with van der Waals surface area (Å²) < 4.78 is 2.49. The van der Waals surface area contributed by atoms with E-state index in [0.717, 1.165) is 5.92 Å². The lowest BCUT2D eigenvalue weighted by molar-refractivity contribution is 0.264. The van der Waals surface area contributed by atoms with E-state index in [9.17, 15) is 0 Å². The van der Waals surface area contributed by atoms with Gasteiger partial charge >= 0.3 is 0 Å². The van der Waals surface area contributed by atoms with Gasteiger partial charge in [-0.05, 0) is 52.0 Å². The number of hydrogen-bond acceptors (Lipinski definition) is 2. The van der Waals surface area contributed by atoms with E-state index in [4.69, 9.17) is 0 Å². The highest BCUT2D eigenvalue weighted by molar-refractivity contribution is 5.09. The summed E-state index contributed by atoms with van der Waals surface area (Å²) >= 11 is 0. The molecule has 1 aromatic heterocycles. The molecule has 100 valence electrons. The number of aromatic nitrogens is 2. The third-order valence-corrected chi connectivity index (χ3v) is 4.60. The van der Waals surface area contributed by atoms with Crippen LogP contribution in [0.2, 0.25) is 0 Å². The number of hydrogen-bond donors (Lipinski definition) is 0. The Hall–Kier alpha value is -0.830. The Morgan fingerprint density at radius 1 is 1.33 bits per heavy atom. The van der Waals surface area contributed by atoms with Gasteiger partial charge in [0.15, 0.2) is 0 Å². The summed E-state index contributed by atoms with van der Waals surface area (Å²) in [5.41, 5.74) is 1.47. The summed E-state index contributed by atoms with van der Waals surface area (Å²) in [6.07, 6.45) is 8.55. The van der Waals surface area contributed by atoms with Crippen LogP contribution in [-0.4, -0.2) is 33.6 Å². The molecule has 2 aliphatic heterocycles. The first kappa shape index (κ1) is 12.2. The molecule has 1 unspecified atom stereocenters. The van der Waals surface area contributed by atoms with Gasteiger partial charge in [-0.25, -0.2) is 4.98 Å². The number of nitrogens with zero attached hydrogens (tertiary/aromatic N) is 3. The zero-order valence-electron chi connectivity index (χ0n) is 11.7. The highest BCUT2D eigenvalue weighted by Gasteiger charge is 2.26. The third-order valence-electron chi connectivity index (χ3n) is 4.60. The Morgan fingerprint density at radius 3 is 3.00 bits per heavy atom. The molecule has 0 N–H and O–H groups in total. The van der Waals surface area contributed by atoms with Crippen molar-refractivity contribution in [3.63, 3.8) is 0 Å². The smallest absolute Gasteiger partial charge is 0.109 e. The molecule has 0 amide bonds. The molecule has 1 atom stereocenters. The third kappa shape index (κ3) is 2.33. The number of aryl methyl sites for hydroxylation is 1. The molecule has 0 bridgehead atoms. The van der Waals surface area contributed by atoms with Crippen molar-refractivity contribution in [1.82, 2.24) is 14.5 Å². The average molecular weight is 247 g/mol. The predicted octanol–water partition coefficient (Wildman–Crippen LogP) is 2.49. The van der Waals surface area contributed by atoms with Gasteiger partial charge in [0.1, 0.15) is 5.82 Å². The van der Waals surface area contributed by atoms with Crippen LogP contribution in [0.15, 0.2) is 6.20 Å². The molecule has 3 heterocycles. The summed E-state index contributed by atoms with van der Waals surface area (Å²) in [4.78, 5) is 7.28. The molecule has 1 aromatic rings. The predicted molar refractivity (Wildman–Crippen MR) is 73.7 cm³/mol. The van der Waals surface area contributed by atoms with Gasteiger partial charge in [0.2, 0.25) is 0 Å². The molecule has 1 saturated heterocycles. The number of rotatable bonds is 3. The average Bonchev–Trinajstić information content (AvgIpc) is 2.98. The van der Waals surface area contributed by atoms with Gasteiger partial charge in [-0.15, -0.1) is 0 Å². The van der Waals surface area contributed by atoms with Crippen LogP contribution in [0.5, 0.6) is 0 Å². The van der Waals surface area contributed by atoms with Gasteiger partial charge in [-0.1, -0.05) is 0 Å². The molecule has 3 rings (SSSR count). The second-order valence-corrected chi connectivity index (χ2v) is 6.22. The quantitative estimate of drug-likeness (QED) is 0.818.